The molecule has 2 unspecified atom stereocenters. The van der Waals surface area contributed by atoms with E-state index in [0.717, 1.165) is 17.1 Å². The maximum Gasteiger partial charge on any atom is 0.156 e. The van der Waals surface area contributed by atoms with Gasteiger partial charge in [0.1, 0.15) is 5.75 Å². The molecule has 6 heteroatoms. The number of ether oxygens (including phenoxy) is 1. The highest BCUT2D eigenvalue weighted by Gasteiger charge is 2.37. The molecule has 0 aromatic heterocycles. The highest BCUT2D eigenvalue weighted by Crippen LogP contribution is 2.31. The molecule has 4 nitrogen and oxygen atoms in total. The Labute approximate surface area is 118 Å². The van der Waals surface area contributed by atoms with E-state index in [-0.39, 0.29) is 17.6 Å². The fraction of sp³-hybridized carbons (Fsp3) is 0.538. The zero-order valence-corrected chi connectivity index (χ0v) is 12.4. The van der Waals surface area contributed by atoms with Crippen LogP contribution in [0, 0.1) is 0 Å². The molecule has 1 saturated heterocycles. The summed E-state index contributed by atoms with van der Waals surface area (Å²) in [5.74, 6) is 1.78. The SMILES string of the molecule is COc1ccc(CSC2CC(CO)S(=O)(=O)C2)cc1. The molecule has 0 aliphatic carbocycles. The Balaban J connectivity index is 1.89. The molecule has 0 amide bonds. The summed E-state index contributed by atoms with van der Waals surface area (Å²) in [5.41, 5.74) is 1.15. The minimum Gasteiger partial charge on any atom is -0.497 e. The van der Waals surface area contributed by atoms with Crippen molar-refractivity contribution in [2.75, 3.05) is 19.5 Å². The standard InChI is InChI=1S/C13H18O4S2/c1-17-11-4-2-10(3-5-11)8-18-12-6-13(7-14)19(15,16)9-12/h2-5,12-14H,6-9H2,1H3. The van der Waals surface area contributed by atoms with Gasteiger partial charge in [-0.15, -0.1) is 0 Å². The van der Waals surface area contributed by atoms with E-state index in [1.807, 2.05) is 24.3 Å². The minimum atomic E-state index is -3.09. The number of aliphatic hydroxyl groups is 1. The van der Waals surface area contributed by atoms with Crippen molar-refractivity contribution in [3.8, 4) is 5.75 Å². The second kappa shape index (κ2) is 6.15. The molecule has 1 heterocycles. The summed E-state index contributed by atoms with van der Waals surface area (Å²) in [4.78, 5) is 0. The summed E-state index contributed by atoms with van der Waals surface area (Å²) in [7, 11) is -1.47. The molecule has 1 fully saturated rings. The van der Waals surface area contributed by atoms with E-state index >= 15 is 0 Å². The molecule has 0 bridgehead atoms. The van der Waals surface area contributed by atoms with Gasteiger partial charge < -0.3 is 9.84 Å². The van der Waals surface area contributed by atoms with Crippen LogP contribution in [-0.2, 0) is 15.6 Å². The number of hydrogen-bond acceptors (Lipinski definition) is 5. The van der Waals surface area contributed by atoms with E-state index in [9.17, 15) is 8.42 Å². The molecule has 1 aliphatic rings. The summed E-state index contributed by atoms with van der Waals surface area (Å²) >= 11 is 1.64. The number of hydrogen-bond donors (Lipinski definition) is 1. The molecular weight excluding hydrogens is 284 g/mol. The van der Waals surface area contributed by atoms with Crippen LogP contribution in [-0.4, -0.2) is 43.5 Å². The summed E-state index contributed by atoms with van der Waals surface area (Å²) in [6, 6.07) is 7.77. The Morgan fingerprint density at radius 3 is 2.58 bits per heavy atom. The van der Waals surface area contributed by atoms with Crippen LogP contribution in [0.5, 0.6) is 5.75 Å². The molecule has 1 aromatic rings. The Bertz CT molecular complexity index is 510. The van der Waals surface area contributed by atoms with E-state index in [1.54, 1.807) is 18.9 Å². The Kier molecular flexibility index (Phi) is 4.76. The van der Waals surface area contributed by atoms with Crippen LogP contribution in [0.15, 0.2) is 24.3 Å². The summed E-state index contributed by atoms with van der Waals surface area (Å²) in [6.45, 7) is -0.262. The first-order valence-electron chi connectivity index (χ1n) is 6.12. The monoisotopic (exact) mass is 302 g/mol. The first kappa shape index (κ1) is 14.7. The summed E-state index contributed by atoms with van der Waals surface area (Å²) < 4.78 is 28.5. The number of methoxy groups -OCH3 is 1. The van der Waals surface area contributed by atoms with Crippen LogP contribution in [0.4, 0.5) is 0 Å². The predicted molar refractivity (Wildman–Crippen MR) is 77.4 cm³/mol. The third-order valence-corrected chi connectivity index (χ3v) is 7.07. The van der Waals surface area contributed by atoms with Crippen molar-refractivity contribution in [2.24, 2.45) is 0 Å². The van der Waals surface area contributed by atoms with Gasteiger partial charge in [-0.05, 0) is 24.1 Å². The number of benzene rings is 1. The maximum atomic E-state index is 11.7. The minimum absolute atomic E-state index is 0.0873. The summed E-state index contributed by atoms with van der Waals surface area (Å²) in [6.07, 6.45) is 0.555. The lowest BCUT2D eigenvalue weighted by Crippen LogP contribution is -2.19. The van der Waals surface area contributed by atoms with Gasteiger partial charge in [0.05, 0.1) is 24.7 Å². The van der Waals surface area contributed by atoms with E-state index in [2.05, 4.69) is 0 Å². The normalized spacial score (nSPS) is 25.4. The molecule has 2 atom stereocenters. The van der Waals surface area contributed by atoms with Crippen molar-refractivity contribution in [3.05, 3.63) is 29.8 Å². The fourth-order valence-electron chi connectivity index (χ4n) is 2.14. The second-order valence-electron chi connectivity index (χ2n) is 4.65. The Morgan fingerprint density at radius 1 is 1.37 bits per heavy atom. The molecule has 1 aromatic carbocycles. The second-order valence-corrected chi connectivity index (χ2v) is 8.27. The van der Waals surface area contributed by atoms with Gasteiger partial charge in [-0.3, -0.25) is 0 Å². The molecule has 2 rings (SSSR count). The molecule has 106 valence electrons. The maximum absolute atomic E-state index is 11.7. The van der Waals surface area contributed by atoms with Crippen molar-refractivity contribution < 1.29 is 18.3 Å². The molecule has 1 aliphatic heterocycles. The van der Waals surface area contributed by atoms with Gasteiger partial charge in [0.2, 0.25) is 0 Å². The Morgan fingerprint density at radius 2 is 2.05 bits per heavy atom. The van der Waals surface area contributed by atoms with E-state index in [1.165, 1.54) is 0 Å². The quantitative estimate of drug-likeness (QED) is 0.892. The highest BCUT2D eigenvalue weighted by molar-refractivity contribution is 8.01. The van der Waals surface area contributed by atoms with Gasteiger partial charge in [-0.2, -0.15) is 11.8 Å². The lowest BCUT2D eigenvalue weighted by molar-refractivity contribution is 0.289. The van der Waals surface area contributed by atoms with Gasteiger partial charge in [-0.1, -0.05) is 12.1 Å². The number of sulfone groups is 1. The molecule has 0 radical (unpaired) electrons. The zero-order valence-electron chi connectivity index (χ0n) is 10.8. The largest absolute Gasteiger partial charge is 0.497 e. The van der Waals surface area contributed by atoms with Crippen LogP contribution < -0.4 is 4.74 Å². The molecular formula is C13H18O4S2. The lowest BCUT2D eigenvalue weighted by atomic mass is 10.2. The average Bonchev–Trinajstić information content (AvgIpc) is 2.71. The van der Waals surface area contributed by atoms with Gasteiger partial charge in [0.15, 0.2) is 9.84 Å². The number of aliphatic hydroxyl groups excluding tert-OH is 1. The fourth-order valence-corrected chi connectivity index (χ4v) is 5.89. The molecule has 0 saturated carbocycles. The van der Waals surface area contributed by atoms with E-state index in [0.29, 0.717) is 6.42 Å². The van der Waals surface area contributed by atoms with Crippen LogP contribution in [0.3, 0.4) is 0 Å². The van der Waals surface area contributed by atoms with Gasteiger partial charge in [0, 0.05) is 11.0 Å². The van der Waals surface area contributed by atoms with E-state index in [4.69, 9.17) is 9.84 Å². The zero-order chi connectivity index (χ0) is 13.9. The van der Waals surface area contributed by atoms with Gasteiger partial charge >= 0.3 is 0 Å². The summed E-state index contributed by atoms with van der Waals surface area (Å²) in [5, 5.41) is 8.58. The predicted octanol–water partition coefficient (Wildman–Crippen LogP) is 1.48. The van der Waals surface area contributed by atoms with Crippen molar-refractivity contribution in [1.29, 1.82) is 0 Å². The van der Waals surface area contributed by atoms with Crippen LogP contribution in [0.2, 0.25) is 0 Å². The lowest BCUT2D eigenvalue weighted by Gasteiger charge is -2.08. The number of thioether (sulfide) groups is 1. The molecule has 1 N–H and O–H groups in total. The smallest absolute Gasteiger partial charge is 0.156 e. The van der Waals surface area contributed by atoms with Crippen molar-refractivity contribution in [3.63, 3.8) is 0 Å². The van der Waals surface area contributed by atoms with E-state index < -0.39 is 15.1 Å². The molecule has 19 heavy (non-hydrogen) atoms. The topological polar surface area (TPSA) is 63.6 Å². The van der Waals surface area contributed by atoms with Crippen molar-refractivity contribution in [1.82, 2.24) is 0 Å². The van der Waals surface area contributed by atoms with Crippen molar-refractivity contribution in [2.45, 2.75) is 22.7 Å². The van der Waals surface area contributed by atoms with Crippen molar-refractivity contribution >= 4 is 21.6 Å². The average molecular weight is 302 g/mol. The number of rotatable bonds is 5. The third kappa shape index (κ3) is 3.64. The Hall–Kier alpha value is -0.720. The van der Waals surface area contributed by atoms with Crippen LogP contribution in [0.25, 0.3) is 0 Å². The van der Waals surface area contributed by atoms with Crippen LogP contribution in [0.1, 0.15) is 12.0 Å². The first-order chi connectivity index (χ1) is 9.05. The van der Waals surface area contributed by atoms with Gasteiger partial charge in [0.25, 0.3) is 0 Å². The molecule has 0 spiro atoms. The highest BCUT2D eigenvalue weighted by atomic mass is 32.2. The third-order valence-electron chi connectivity index (χ3n) is 3.30. The van der Waals surface area contributed by atoms with Gasteiger partial charge in [-0.25, -0.2) is 8.42 Å². The first-order valence-corrected chi connectivity index (χ1v) is 8.88. The van der Waals surface area contributed by atoms with Crippen LogP contribution >= 0.6 is 11.8 Å².